The maximum atomic E-state index is 12.5. The molecule has 2 heterocycles. The first-order chi connectivity index (χ1) is 13.2. The molecule has 0 aromatic rings. The largest absolute Gasteiger partial charge is 0.376 e. The van der Waals surface area contributed by atoms with Gasteiger partial charge in [-0.1, -0.05) is 19.3 Å². The van der Waals surface area contributed by atoms with Gasteiger partial charge in [0, 0.05) is 32.7 Å². The van der Waals surface area contributed by atoms with E-state index in [0.717, 1.165) is 57.7 Å². The van der Waals surface area contributed by atoms with E-state index < -0.39 is 0 Å². The van der Waals surface area contributed by atoms with Crippen LogP contribution in [0.15, 0.2) is 0 Å². The number of rotatable bonds is 8. The molecular formula is C21H36N2O4. The lowest BCUT2D eigenvalue weighted by Gasteiger charge is -2.41. The monoisotopic (exact) mass is 380 g/mol. The smallest absolute Gasteiger partial charge is 0.246 e. The van der Waals surface area contributed by atoms with Crippen molar-refractivity contribution < 1.29 is 19.1 Å². The van der Waals surface area contributed by atoms with Crippen molar-refractivity contribution in [3.05, 3.63) is 0 Å². The Bertz CT molecular complexity index is 487. The second-order valence-electron chi connectivity index (χ2n) is 8.34. The summed E-state index contributed by atoms with van der Waals surface area (Å²) in [4.78, 5) is 26.6. The summed E-state index contributed by atoms with van der Waals surface area (Å²) < 4.78 is 11.3. The number of nitrogens with zero attached hydrogens (tertiary/aromatic N) is 1. The highest BCUT2D eigenvalue weighted by atomic mass is 16.5. The molecule has 27 heavy (non-hydrogen) atoms. The third-order valence-electron chi connectivity index (χ3n) is 6.50. The van der Waals surface area contributed by atoms with Gasteiger partial charge in [0.25, 0.3) is 0 Å². The third-order valence-corrected chi connectivity index (χ3v) is 6.50. The van der Waals surface area contributed by atoms with Crippen LogP contribution in [0.25, 0.3) is 0 Å². The van der Waals surface area contributed by atoms with E-state index in [2.05, 4.69) is 5.32 Å². The topological polar surface area (TPSA) is 67.9 Å². The van der Waals surface area contributed by atoms with Crippen molar-refractivity contribution >= 4 is 11.8 Å². The lowest BCUT2D eigenvalue weighted by atomic mass is 9.81. The van der Waals surface area contributed by atoms with E-state index in [1.54, 1.807) is 0 Å². The number of piperidine rings is 1. The quantitative estimate of drug-likeness (QED) is 0.703. The Labute approximate surface area is 163 Å². The van der Waals surface area contributed by atoms with Crippen LogP contribution in [0.1, 0.15) is 64.7 Å². The maximum absolute atomic E-state index is 12.5. The molecule has 2 unspecified atom stereocenters. The minimum Gasteiger partial charge on any atom is -0.376 e. The molecule has 2 atom stereocenters. The van der Waals surface area contributed by atoms with E-state index in [9.17, 15) is 9.59 Å². The standard InChI is InChI=1S/C21H36N2O4/c1-2-26-15-19(24)22-18-7-4-14-27-21(18)17-10-12-23(13-11-17)20(25)9-8-16-5-3-6-16/h16-18,21H,2-15H2,1H3,(H,22,24). The number of ether oxygens (including phenoxy) is 2. The maximum Gasteiger partial charge on any atom is 0.246 e. The molecule has 3 rings (SSSR count). The fourth-order valence-corrected chi connectivity index (χ4v) is 4.61. The second-order valence-corrected chi connectivity index (χ2v) is 8.34. The molecule has 6 heteroatoms. The van der Waals surface area contributed by atoms with Crippen LogP contribution in [0.5, 0.6) is 0 Å². The van der Waals surface area contributed by atoms with Crippen molar-refractivity contribution in [2.24, 2.45) is 11.8 Å². The molecule has 154 valence electrons. The van der Waals surface area contributed by atoms with Gasteiger partial charge in [-0.05, 0) is 50.9 Å². The molecule has 1 N–H and O–H groups in total. The highest BCUT2D eigenvalue weighted by molar-refractivity contribution is 5.77. The minimum absolute atomic E-state index is 0.0547. The summed E-state index contributed by atoms with van der Waals surface area (Å²) in [6.07, 6.45) is 9.69. The molecule has 3 fully saturated rings. The first-order valence-electron chi connectivity index (χ1n) is 10.9. The number of amides is 2. The molecular weight excluding hydrogens is 344 g/mol. The van der Waals surface area contributed by atoms with Crippen molar-refractivity contribution in [1.29, 1.82) is 0 Å². The molecule has 3 aliphatic rings. The number of carbonyl (C=O) groups is 2. The van der Waals surface area contributed by atoms with Gasteiger partial charge in [-0.2, -0.15) is 0 Å². The molecule has 2 amide bonds. The first kappa shape index (κ1) is 20.6. The van der Waals surface area contributed by atoms with E-state index in [-0.39, 0.29) is 24.7 Å². The number of hydrogen-bond donors (Lipinski definition) is 1. The average molecular weight is 381 g/mol. The lowest BCUT2D eigenvalue weighted by molar-refractivity contribution is -0.135. The van der Waals surface area contributed by atoms with Crippen LogP contribution in [0.4, 0.5) is 0 Å². The molecule has 0 aromatic carbocycles. The number of carbonyl (C=O) groups excluding carboxylic acids is 2. The summed E-state index contributed by atoms with van der Waals surface area (Å²) in [5.41, 5.74) is 0. The van der Waals surface area contributed by atoms with E-state index in [0.29, 0.717) is 24.9 Å². The molecule has 2 aliphatic heterocycles. The van der Waals surface area contributed by atoms with Crippen molar-refractivity contribution in [2.75, 3.05) is 32.9 Å². The molecule has 1 saturated carbocycles. The summed E-state index contributed by atoms with van der Waals surface area (Å²) in [6, 6.07) is 0.0672. The predicted molar refractivity (Wildman–Crippen MR) is 103 cm³/mol. The fourth-order valence-electron chi connectivity index (χ4n) is 4.61. The SMILES string of the molecule is CCOCC(=O)NC1CCCOC1C1CCN(C(=O)CCC2CCC2)CC1. The summed E-state index contributed by atoms with van der Waals surface area (Å²) in [5.74, 6) is 1.48. The zero-order chi connectivity index (χ0) is 19.1. The Morgan fingerprint density at radius 3 is 2.56 bits per heavy atom. The Morgan fingerprint density at radius 1 is 1.11 bits per heavy atom. The van der Waals surface area contributed by atoms with Gasteiger partial charge >= 0.3 is 0 Å². The summed E-state index contributed by atoms with van der Waals surface area (Å²) >= 11 is 0. The molecule has 0 aromatic heterocycles. The Morgan fingerprint density at radius 2 is 1.89 bits per heavy atom. The third kappa shape index (κ3) is 5.92. The zero-order valence-electron chi connectivity index (χ0n) is 16.8. The van der Waals surface area contributed by atoms with Gasteiger partial charge in [0.1, 0.15) is 6.61 Å². The summed E-state index contributed by atoms with van der Waals surface area (Å²) in [5, 5.41) is 3.11. The molecule has 1 aliphatic carbocycles. The Kier molecular flexibility index (Phi) is 7.94. The zero-order valence-corrected chi connectivity index (χ0v) is 16.8. The fraction of sp³-hybridized carbons (Fsp3) is 0.905. The molecule has 0 bridgehead atoms. The molecule has 0 radical (unpaired) electrons. The van der Waals surface area contributed by atoms with E-state index >= 15 is 0 Å². The van der Waals surface area contributed by atoms with Crippen molar-refractivity contribution in [3.63, 3.8) is 0 Å². The highest BCUT2D eigenvalue weighted by Gasteiger charge is 2.36. The van der Waals surface area contributed by atoms with Gasteiger partial charge in [0.05, 0.1) is 12.1 Å². The molecule has 2 saturated heterocycles. The summed E-state index contributed by atoms with van der Waals surface area (Å²) in [6.45, 7) is 4.98. The minimum atomic E-state index is -0.0547. The number of hydrogen-bond acceptors (Lipinski definition) is 4. The van der Waals surface area contributed by atoms with Crippen LogP contribution in [-0.2, 0) is 19.1 Å². The van der Waals surface area contributed by atoms with Crippen LogP contribution in [0, 0.1) is 11.8 Å². The number of likely N-dealkylation sites (tertiary alicyclic amines) is 1. The van der Waals surface area contributed by atoms with E-state index in [1.807, 2.05) is 11.8 Å². The summed E-state index contributed by atoms with van der Waals surface area (Å²) in [7, 11) is 0. The van der Waals surface area contributed by atoms with Gasteiger partial charge in [-0.15, -0.1) is 0 Å². The normalized spacial score (nSPS) is 27.2. The van der Waals surface area contributed by atoms with Gasteiger partial charge in [0.2, 0.25) is 11.8 Å². The molecule has 0 spiro atoms. The first-order valence-corrected chi connectivity index (χ1v) is 10.9. The number of nitrogens with one attached hydrogen (secondary N) is 1. The Hall–Kier alpha value is -1.14. The second kappa shape index (κ2) is 10.4. The van der Waals surface area contributed by atoms with Crippen LogP contribution < -0.4 is 5.32 Å². The van der Waals surface area contributed by atoms with Crippen molar-refractivity contribution in [3.8, 4) is 0 Å². The van der Waals surface area contributed by atoms with Gasteiger partial charge < -0.3 is 19.7 Å². The Balaban J connectivity index is 1.43. The predicted octanol–water partition coefficient (Wildman–Crippen LogP) is 2.51. The van der Waals surface area contributed by atoms with Crippen molar-refractivity contribution in [2.45, 2.75) is 76.9 Å². The van der Waals surface area contributed by atoms with Crippen LogP contribution >= 0.6 is 0 Å². The van der Waals surface area contributed by atoms with Crippen LogP contribution in [-0.4, -0.2) is 61.8 Å². The molecule has 6 nitrogen and oxygen atoms in total. The van der Waals surface area contributed by atoms with Crippen LogP contribution in [0.3, 0.4) is 0 Å². The van der Waals surface area contributed by atoms with E-state index in [4.69, 9.17) is 9.47 Å². The van der Waals surface area contributed by atoms with Crippen LogP contribution in [0.2, 0.25) is 0 Å². The van der Waals surface area contributed by atoms with Crippen molar-refractivity contribution in [1.82, 2.24) is 10.2 Å². The van der Waals surface area contributed by atoms with Gasteiger partial charge in [0.15, 0.2) is 0 Å². The highest BCUT2D eigenvalue weighted by Crippen LogP contribution is 2.32. The average Bonchev–Trinajstić information content (AvgIpc) is 2.65. The van der Waals surface area contributed by atoms with Gasteiger partial charge in [-0.25, -0.2) is 0 Å². The van der Waals surface area contributed by atoms with E-state index in [1.165, 1.54) is 19.3 Å². The van der Waals surface area contributed by atoms with Gasteiger partial charge in [-0.3, -0.25) is 9.59 Å². The lowest BCUT2D eigenvalue weighted by Crippen LogP contribution is -2.53.